The molecule has 2 rings (SSSR count). The summed E-state index contributed by atoms with van der Waals surface area (Å²) in [5, 5.41) is 4.05. The zero-order chi connectivity index (χ0) is 13.3. The molecule has 1 N–H and O–H groups in total. The lowest BCUT2D eigenvalue weighted by molar-refractivity contribution is -0.144. The second kappa shape index (κ2) is 5.08. The van der Waals surface area contributed by atoms with Gasteiger partial charge in [-0.2, -0.15) is 0 Å². The lowest BCUT2D eigenvalue weighted by Gasteiger charge is -2.16. The fourth-order valence-electron chi connectivity index (χ4n) is 2.50. The van der Waals surface area contributed by atoms with Gasteiger partial charge < -0.3 is 10.1 Å². The van der Waals surface area contributed by atoms with E-state index in [0.717, 1.165) is 18.5 Å². The molecule has 0 heterocycles. The molecule has 0 saturated heterocycles. The molecule has 2 atom stereocenters. The fourth-order valence-corrected chi connectivity index (χ4v) is 2.80. The maximum absolute atomic E-state index is 12.1. The average Bonchev–Trinajstić information content (AvgIpc) is 3.07. The van der Waals surface area contributed by atoms with E-state index >= 15 is 0 Å². The molecule has 1 aromatic rings. The van der Waals surface area contributed by atoms with Gasteiger partial charge in [-0.05, 0) is 43.6 Å². The summed E-state index contributed by atoms with van der Waals surface area (Å²) in [6.45, 7) is 0.773. The van der Waals surface area contributed by atoms with E-state index in [0.29, 0.717) is 10.0 Å². The molecular formula is C13H15Cl2NO2. The summed E-state index contributed by atoms with van der Waals surface area (Å²) in [6, 6.07) is 5.33. The van der Waals surface area contributed by atoms with Gasteiger partial charge in [0.1, 0.15) is 0 Å². The van der Waals surface area contributed by atoms with E-state index in [9.17, 15) is 4.79 Å². The van der Waals surface area contributed by atoms with Gasteiger partial charge in [0.25, 0.3) is 0 Å². The molecule has 0 amide bonds. The largest absolute Gasteiger partial charge is 0.468 e. The molecule has 0 bridgehead atoms. The van der Waals surface area contributed by atoms with E-state index in [1.54, 1.807) is 12.1 Å². The highest BCUT2D eigenvalue weighted by Crippen LogP contribution is 2.55. The van der Waals surface area contributed by atoms with Crippen LogP contribution >= 0.6 is 23.2 Å². The van der Waals surface area contributed by atoms with Crippen molar-refractivity contribution in [3.8, 4) is 0 Å². The molecule has 1 aliphatic carbocycles. The second-order valence-electron chi connectivity index (χ2n) is 4.55. The predicted octanol–water partition coefficient (Wildman–Crippen LogP) is 2.64. The first-order valence-corrected chi connectivity index (χ1v) is 6.50. The van der Waals surface area contributed by atoms with Crippen molar-refractivity contribution >= 4 is 29.2 Å². The first kappa shape index (κ1) is 13.7. The zero-order valence-electron chi connectivity index (χ0n) is 10.3. The molecule has 1 saturated carbocycles. The maximum atomic E-state index is 12.1. The van der Waals surface area contributed by atoms with Gasteiger partial charge in [-0.3, -0.25) is 4.79 Å². The smallest absolute Gasteiger partial charge is 0.316 e. The third-order valence-corrected chi connectivity index (χ3v) is 4.28. The molecule has 2 unspecified atom stereocenters. The Morgan fingerprint density at radius 3 is 2.78 bits per heavy atom. The topological polar surface area (TPSA) is 38.3 Å². The summed E-state index contributed by atoms with van der Waals surface area (Å²) in [7, 11) is 3.28. The third kappa shape index (κ3) is 2.11. The number of esters is 1. The minimum atomic E-state index is -0.564. The molecule has 1 aliphatic rings. The quantitative estimate of drug-likeness (QED) is 0.866. The van der Waals surface area contributed by atoms with Gasteiger partial charge in [0.05, 0.1) is 22.6 Å². The summed E-state index contributed by atoms with van der Waals surface area (Å²) >= 11 is 11.9. The highest BCUT2D eigenvalue weighted by atomic mass is 35.5. The van der Waals surface area contributed by atoms with E-state index in [2.05, 4.69) is 5.32 Å². The number of hydrogen-bond acceptors (Lipinski definition) is 3. The van der Waals surface area contributed by atoms with Crippen LogP contribution in [0.15, 0.2) is 18.2 Å². The van der Waals surface area contributed by atoms with Crippen LogP contribution in [0.1, 0.15) is 12.0 Å². The van der Waals surface area contributed by atoms with Crippen molar-refractivity contribution in [1.82, 2.24) is 5.32 Å². The van der Waals surface area contributed by atoms with Crippen LogP contribution in [0.5, 0.6) is 0 Å². The summed E-state index contributed by atoms with van der Waals surface area (Å²) in [5.74, 6) is 0.0355. The van der Waals surface area contributed by atoms with Crippen LogP contribution in [0, 0.1) is 5.92 Å². The summed E-state index contributed by atoms with van der Waals surface area (Å²) in [5.41, 5.74) is 0.315. The van der Waals surface area contributed by atoms with Crippen LogP contribution in [0.2, 0.25) is 10.0 Å². The minimum Gasteiger partial charge on any atom is -0.468 e. The number of rotatable bonds is 4. The monoisotopic (exact) mass is 287 g/mol. The Kier molecular flexibility index (Phi) is 3.85. The van der Waals surface area contributed by atoms with Crippen molar-refractivity contribution in [3.63, 3.8) is 0 Å². The van der Waals surface area contributed by atoms with Crippen molar-refractivity contribution < 1.29 is 9.53 Å². The van der Waals surface area contributed by atoms with Gasteiger partial charge in [0.15, 0.2) is 0 Å². The van der Waals surface area contributed by atoms with E-state index in [1.807, 2.05) is 13.1 Å². The Balaban J connectivity index is 2.37. The van der Waals surface area contributed by atoms with Gasteiger partial charge >= 0.3 is 5.97 Å². The lowest BCUT2D eigenvalue weighted by Crippen LogP contribution is -2.27. The van der Waals surface area contributed by atoms with Crippen LogP contribution in [0.25, 0.3) is 0 Å². The Hall–Kier alpha value is -0.770. The fraction of sp³-hybridized carbons (Fsp3) is 0.462. The number of carbonyl (C=O) groups excluding carboxylic acids is 1. The van der Waals surface area contributed by atoms with Gasteiger partial charge in [0.2, 0.25) is 0 Å². The predicted molar refractivity (Wildman–Crippen MR) is 72.2 cm³/mol. The van der Waals surface area contributed by atoms with Crippen LogP contribution in [0.3, 0.4) is 0 Å². The Bertz CT molecular complexity index is 478. The number of methoxy groups -OCH3 is 1. The molecule has 0 radical (unpaired) electrons. The van der Waals surface area contributed by atoms with E-state index < -0.39 is 5.41 Å². The van der Waals surface area contributed by atoms with E-state index in [4.69, 9.17) is 27.9 Å². The summed E-state index contributed by atoms with van der Waals surface area (Å²) in [6.07, 6.45) is 0.776. The Labute approximate surface area is 116 Å². The normalized spacial score (nSPS) is 25.9. The second-order valence-corrected chi connectivity index (χ2v) is 5.36. The highest BCUT2D eigenvalue weighted by molar-refractivity contribution is 6.42. The molecule has 0 aliphatic heterocycles. The Morgan fingerprint density at radius 2 is 2.22 bits per heavy atom. The summed E-state index contributed by atoms with van der Waals surface area (Å²) < 4.78 is 4.94. The first-order valence-electron chi connectivity index (χ1n) is 5.74. The molecule has 1 fully saturated rings. The first-order chi connectivity index (χ1) is 8.56. The van der Waals surface area contributed by atoms with Crippen LogP contribution < -0.4 is 5.32 Å². The number of halogens is 2. The molecule has 0 aromatic heterocycles. The number of ether oxygens (including phenoxy) is 1. The van der Waals surface area contributed by atoms with Crippen LogP contribution in [-0.4, -0.2) is 26.7 Å². The third-order valence-electron chi connectivity index (χ3n) is 3.54. The van der Waals surface area contributed by atoms with Crippen molar-refractivity contribution in [2.45, 2.75) is 11.8 Å². The van der Waals surface area contributed by atoms with Gasteiger partial charge in [-0.15, -0.1) is 0 Å². The number of carbonyl (C=O) groups is 1. The SMILES string of the molecule is CNCC1CC1(C(=O)OC)c1ccc(Cl)c(Cl)c1. The van der Waals surface area contributed by atoms with Crippen LogP contribution in [0.4, 0.5) is 0 Å². The zero-order valence-corrected chi connectivity index (χ0v) is 11.8. The minimum absolute atomic E-state index is 0.207. The van der Waals surface area contributed by atoms with Gasteiger partial charge in [0, 0.05) is 0 Å². The molecule has 1 aromatic carbocycles. The number of benzene rings is 1. The number of nitrogens with one attached hydrogen (secondary N) is 1. The summed E-state index contributed by atoms with van der Waals surface area (Å²) in [4.78, 5) is 12.1. The lowest BCUT2D eigenvalue weighted by atomic mass is 9.93. The molecule has 0 spiro atoms. The maximum Gasteiger partial charge on any atom is 0.316 e. The molecule has 18 heavy (non-hydrogen) atoms. The standard InChI is InChI=1S/C13H15Cl2NO2/c1-16-7-9-6-13(9,12(17)18-2)8-3-4-10(14)11(15)5-8/h3-5,9,16H,6-7H2,1-2H3. The average molecular weight is 288 g/mol. The van der Waals surface area contributed by atoms with Crippen molar-refractivity contribution in [3.05, 3.63) is 33.8 Å². The van der Waals surface area contributed by atoms with E-state index in [1.165, 1.54) is 7.11 Å². The molecule has 3 nitrogen and oxygen atoms in total. The van der Waals surface area contributed by atoms with Crippen LogP contribution in [-0.2, 0) is 14.9 Å². The van der Waals surface area contributed by atoms with E-state index in [-0.39, 0.29) is 11.9 Å². The van der Waals surface area contributed by atoms with Gasteiger partial charge in [-0.1, -0.05) is 29.3 Å². The van der Waals surface area contributed by atoms with Gasteiger partial charge in [-0.25, -0.2) is 0 Å². The highest BCUT2D eigenvalue weighted by Gasteiger charge is 2.61. The number of hydrogen-bond donors (Lipinski definition) is 1. The van der Waals surface area contributed by atoms with Crippen molar-refractivity contribution in [1.29, 1.82) is 0 Å². The Morgan fingerprint density at radius 1 is 1.50 bits per heavy atom. The molecular weight excluding hydrogens is 273 g/mol. The van der Waals surface area contributed by atoms with Crippen molar-refractivity contribution in [2.24, 2.45) is 5.92 Å². The van der Waals surface area contributed by atoms with Crippen molar-refractivity contribution in [2.75, 3.05) is 20.7 Å². The molecule has 5 heteroatoms. The molecule has 98 valence electrons.